The molecule has 0 saturated carbocycles. The second-order valence-electron chi connectivity index (χ2n) is 11.2. The molecule has 0 aromatic carbocycles. The van der Waals surface area contributed by atoms with Crippen LogP contribution in [0, 0.1) is 0 Å². The fourth-order valence-corrected chi connectivity index (χ4v) is 5.34. The van der Waals surface area contributed by atoms with Crippen molar-refractivity contribution in [2.75, 3.05) is 5.75 Å². The largest absolute Gasteiger partial charge is 0.387 e. The fourth-order valence-electron chi connectivity index (χ4n) is 4.60. The summed E-state index contributed by atoms with van der Waals surface area (Å²) in [5, 5.41) is 23.1. The van der Waals surface area contributed by atoms with Crippen LogP contribution >= 0.6 is 0 Å². The summed E-state index contributed by atoms with van der Waals surface area (Å²) in [6.45, 7) is 4.42. The summed E-state index contributed by atoms with van der Waals surface area (Å²) < 4.78 is 32.2. The standard InChI is InChI=1S/C33H61NO6S/c1-3-5-7-9-11-13-15-16-18-19-21-23-25-27-31(35)30(29-41(38,39)40)34-33(37)32(36)28-26-24-22-20-17-14-12-10-8-6-4-2/h11,13,18-19,25,27,30-32,35-36H,3-10,12,14-17,20-24,26,28-29H2,1-2H3,(H,34,37)(H,38,39,40)/b13-11+,19-18+,27-25+. The lowest BCUT2D eigenvalue weighted by molar-refractivity contribution is -0.130. The number of allylic oxidation sites excluding steroid dienone is 5. The van der Waals surface area contributed by atoms with Gasteiger partial charge < -0.3 is 15.5 Å². The summed E-state index contributed by atoms with van der Waals surface area (Å²) in [6.07, 6.45) is 30.6. The van der Waals surface area contributed by atoms with Crippen LogP contribution in [0.4, 0.5) is 0 Å². The van der Waals surface area contributed by atoms with Gasteiger partial charge in [0.05, 0.1) is 17.9 Å². The molecule has 240 valence electrons. The zero-order chi connectivity index (χ0) is 30.6. The molecule has 4 N–H and O–H groups in total. The molecule has 0 aliphatic rings. The highest BCUT2D eigenvalue weighted by molar-refractivity contribution is 7.85. The minimum absolute atomic E-state index is 0.272. The van der Waals surface area contributed by atoms with Gasteiger partial charge in [0.2, 0.25) is 5.91 Å². The van der Waals surface area contributed by atoms with Crippen LogP contribution < -0.4 is 5.32 Å². The first-order valence-electron chi connectivity index (χ1n) is 16.3. The van der Waals surface area contributed by atoms with Crippen molar-refractivity contribution in [3.63, 3.8) is 0 Å². The average Bonchev–Trinajstić information content (AvgIpc) is 2.92. The van der Waals surface area contributed by atoms with Crippen LogP contribution in [-0.2, 0) is 14.9 Å². The Balaban J connectivity index is 4.30. The third-order valence-electron chi connectivity index (χ3n) is 7.15. The Hall–Kier alpha value is -1.48. The molecule has 0 aromatic rings. The van der Waals surface area contributed by atoms with Gasteiger partial charge in [-0.25, -0.2) is 0 Å². The van der Waals surface area contributed by atoms with Gasteiger partial charge in [-0.05, 0) is 44.9 Å². The van der Waals surface area contributed by atoms with E-state index in [2.05, 4.69) is 43.5 Å². The van der Waals surface area contributed by atoms with E-state index in [9.17, 15) is 28.0 Å². The van der Waals surface area contributed by atoms with Crippen LogP contribution in [-0.4, -0.2) is 53.1 Å². The Morgan fingerprint density at radius 3 is 1.61 bits per heavy atom. The third kappa shape index (κ3) is 27.1. The lowest BCUT2D eigenvalue weighted by Gasteiger charge is -2.22. The number of aliphatic hydroxyl groups is 2. The first-order chi connectivity index (χ1) is 19.7. The van der Waals surface area contributed by atoms with Crippen LogP contribution in [0.15, 0.2) is 36.5 Å². The van der Waals surface area contributed by atoms with Gasteiger partial charge in [0.25, 0.3) is 10.1 Å². The van der Waals surface area contributed by atoms with E-state index in [-0.39, 0.29) is 6.42 Å². The number of carbonyl (C=O) groups excluding carboxylic acids is 1. The van der Waals surface area contributed by atoms with Crippen molar-refractivity contribution in [1.29, 1.82) is 0 Å². The van der Waals surface area contributed by atoms with Gasteiger partial charge in [-0.1, -0.05) is 134 Å². The lowest BCUT2D eigenvalue weighted by atomic mass is 10.0. The maximum absolute atomic E-state index is 12.5. The molecular formula is C33H61NO6S. The minimum Gasteiger partial charge on any atom is -0.387 e. The van der Waals surface area contributed by atoms with Gasteiger partial charge in [0.1, 0.15) is 6.10 Å². The van der Waals surface area contributed by atoms with Gasteiger partial charge in [0.15, 0.2) is 0 Å². The molecule has 1 amide bonds. The Morgan fingerprint density at radius 2 is 1.10 bits per heavy atom. The molecule has 0 aliphatic heterocycles. The number of unbranched alkanes of at least 4 members (excludes halogenated alkanes) is 15. The van der Waals surface area contributed by atoms with Crippen molar-refractivity contribution in [1.82, 2.24) is 5.32 Å². The van der Waals surface area contributed by atoms with Crippen LogP contribution in [0.1, 0.15) is 142 Å². The molecule has 0 heterocycles. The predicted molar refractivity (Wildman–Crippen MR) is 171 cm³/mol. The van der Waals surface area contributed by atoms with Crippen molar-refractivity contribution in [3.05, 3.63) is 36.5 Å². The number of amides is 1. The van der Waals surface area contributed by atoms with E-state index < -0.39 is 40.0 Å². The number of nitrogens with one attached hydrogen (secondary N) is 1. The number of rotatable bonds is 28. The average molecular weight is 600 g/mol. The second-order valence-corrected chi connectivity index (χ2v) is 12.7. The maximum Gasteiger partial charge on any atom is 0.267 e. The Kier molecular flexibility index (Phi) is 26.4. The van der Waals surface area contributed by atoms with Crippen LogP contribution in [0.25, 0.3) is 0 Å². The van der Waals surface area contributed by atoms with Crippen molar-refractivity contribution in [2.45, 2.75) is 161 Å². The predicted octanol–water partition coefficient (Wildman–Crippen LogP) is 7.59. The summed E-state index contributed by atoms with van der Waals surface area (Å²) in [5.74, 6) is -1.57. The first-order valence-corrected chi connectivity index (χ1v) is 17.9. The highest BCUT2D eigenvalue weighted by Gasteiger charge is 2.27. The molecule has 3 atom stereocenters. The fraction of sp³-hybridized carbons (Fsp3) is 0.788. The summed E-state index contributed by atoms with van der Waals surface area (Å²) in [7, 11) is -4.44. The van der Waals surface area contributed by atoms with Gasteiger partial charge in [-0.2, -0.15) is 8.42 Å². The molecular weight excluding hydrogens is 538 g/mol. The molecule has 0 aromatic heterocycles. The Bertz CT molecular complexity index is 809. The quantitative estimate of drug-likeness (QED) is 0.0417. The highest BCUT2D eigenvalue weighted by atomic mass is 32.2. The molecule has 0 spiro atoms. The summed E-state index contributed by atoms with van der Waals surface area (Å²) in [5.41, 5.74) is 0. The van der Waals surface area contributed by atoms with Crippen LogP contribution in [0.2, 0.25) is 0 Å². The van der Waals surface area contributed by atoms with Gasteiger partial charge in [-0.15, -0.1) is 0 Å². The molecule has 0 radical (unpaired) electrons. The van der Waals surface area contributed by atoms with Crippen molar-refractivity contribution in [3.8, 4) is 0 Å². The SMILES string of the molecule is CCCCC/C=C/CC/C=C/CC/C=C/C(O)C(CS(=O)(=O)O)NC(=O)C(O)CCCCCCCCCCCCC. The maximum atomic E-state index is 12.5. The van der Waals surface area contributed by atoms with E-state index in [0.717, 1.165) is 44.9 Å². The van der Waals surface area contributed by atoms with E-state index in [1.165, 1.54) is 70.3 Å². The van der Waals surface area contributed by atoms with Crippen molar-refractivity contribution < 1.29 is 28.0 Å². The van der Waals surface area contributed by atoms with Gasteiger partial charge in [0, 0.05) is 0 Å². The molecule has 0 aliphatic carbocycles. The number of hydrogen-bond donors (Lipinski definition) is 4. The molecule has 41 heavy (non-hydrogen) atoms. The van der Waals surface area contributed by atoms with Crippen LogP contribution in [0.3, 0.4) is 0 Å². The molecule has 0 rings (SSSR count). The second kappa shape index (κ2) is 27.4. The van der Waals surface area contributed by atoms with E-state index in [1.54, 1.807) is 6.08 Å². The molecule has 0 bridgehead atoms. The topological polar surface area (TPSA) is 124 Å². The molecule has 0 saturated heterocycles. The smallest absolute Gasteiger partial charge is 0.267 e. The van der Waals surface area contributed by atoms with E-state index >= 15 is 0 Å². The zero-order valence-electron chi connectivity index (χ0n) is 26.0. The highest BCUT2D eigenvalue weighted by Crippen LogP contribution is 2.13. The lowest BCUT2D eigenvalue weighted by Crippen LogP contribution is -2.50. The molecule has 8 heteroatoms. The summed E-state index contributed by atoms with van der Waals surface area (Å²) >= 11 is 0. The van der Waals surface area contributed by atoms with Crippen molar-refractivity contribution in [2.24, 2.45) is 0 Å². The summed E-state index contributed by atoms with van der Waals surface area (Å²) in [4.78, 5) is 12.5. The van der Waals surface area contributed by atoms with Crippen molar-refractivity contribution >= 4 is 16.0 Å². The first kappa shape index (κ1) is 39.5. The molecule has 0 fully saturated rings. The number of carbonyl (C=O) groups is 1. The zero-order valence-corrected chi connectivity index (χ0v) is 26.8. The molecule has 3 unspecified atom stereocenters. The number of aliphatic hydroxyl groups excluding tert-OH is 2. The van der Waals surface area contributed by atoms with E-state index in [0.29, 0.717) is 12.8 Å². The van der Waals surface area contributed by atoms with E-state index in [4.69, 9.17) is 0 Å². The van der Waals surface area contributed by atoms with E-state index in [1.807, 2.05) is 0 Å². The normalized spacial score (nSPS) is 14.8. The monoisotopic (exact) mass is 599 g/mol. The van der Waals surface area contributed by atoms with Gasteiger partial charge >= 0.3 is 0 Å². The Labute approximate surface area is 251 Å². The van der Waals surface area contributed by atoms with Crippen LogP contribution in [0.5, 0.6) is 0 Å². The third-order valence-corrected chi connectivity index (χ3v) is 7.94. The number of hydrogen-bond acceptors (Lipinski definition) is 5. The minimum atomic E-state index is -4.44. The summed E-state index contributed by atoms with van der Waals surface area (Å²) in [6, 6.07) is -1.25. The molecule has 7 nitrogen and oxygen atoms in total. The Morgan fingerprint density at radius 1 is 0.659 bits per heavy atom. The van der Waals surface area contributed by atoms with Gasteiger partial charge in [-0.3, -0.25) is 9.35 Å².